The van der Waals surface area contributed by atoms with Crippen LogP contribution in [0.3, 0.4) is 0 Å². The van der Waals surface area contributed by atoms with Crippen LogP contribution in [0, 0.1) is 0 Å². The lowest BCUT2D eigenvalue weighted by atomic mass is 10.1. The Morgan fingerprint density at radius 1 is 1.27 bits per heavy atom. The average molecular weight is 157 g/mol. The number of nitrogens with zero attached hydrogens (tertiary/aromatic N) is 1. The molecule has 3 heteroatoms. The van der Waals surface area contributed by atoms with Crippen molar-refractivity contribution in [3.05, 3.63) is 0 Å². The second kappa shape index (κ2) is 4.70. The molecule has 0 bridgehead atoms. The molecule has 1 fully saturated rings. The highest BCUT2D eigenvalue weighted by Gasteiger charge is 2.12. The number of β-amino-alcohol motifs (C(OH)–C–C–N with tert-alkyl or cyclic N) is 1. The molecule has 0 aromatic carbocycles. The minimum absolute atomic E-state index is 0.135. The van der Waals surface area contributed by atoms with E-state index in [-0.39, 0.29) is 6.54 Å². The summed E-state index contributed by atoms with van der Waals surface area (Å²) in [7, 11) is 0. The molecule has 3 nitrogen and oxygen atoms in total. The molecule has 1 rings (SSSR count). The number of hydrogen-bond acceptors (Lipinski definition) is 2. The van der Waals surface area contributed by atoms with Crippen molar-refractivity contribution in [1.29, 1.82) is 0 Å². The summed E-state index contributed by atoms with van der Waals surface area (Å²) in [6.07, 6.45) is 3.40. The molecule has 11 heavy (non-hydrogen) atoms. The van der Waals surface area contributed by atoms with Crippen LogP contribution >= 0.6 is 0 Å². The maximum Gasteiger partial charge on any atom is 0.0805 e. The van der Waals surface area contributed by atoms with Crippen molar-refractivity contribution in [2.75, 3.05) is 26.2 Å². The zero-order chi connectivity index (χ0) is 8.10. The first kappa shape index (κ1) is 8.97. The van der Waals surface area contributed by atoms with E-state index in [0.717, 1.165) is 13.1 Å². The van der Waals surface area contributed by atoms with Gasteiger partial charge in [-0.1, -0.05) is 6.42 Å². The van der Waals surface area contributed by atoms with Gasteiger partial charge in [-0.05, 0) is 25.9 Å². The standard InChI is InChI=1S/C8H17N2O/c9-6-8(11)7-10-4-2-1-3-5-10/h8-9,11H,1-7H2. The van der Waals surface area contributed by atoms with E-state index in [4.69, 9.17) is 5.73 Å². The minimum Gasteiger partial charge on any atom is -0.390 e. The molecule has 0 aromatic rings. The highest BCUT2D eigenvalue weighted by atomic mass is 16.3. The fourth-order valence-electron chi connectivity index (χ4n) is 1.50. The first-order valence-electron chi connectivity index (χ1n) is 4.38. The molecule has 1 aliphatic heterocycles. The number of hydrogen-bond donors (Lipinski definition) is 1. The number of nitrogens with one attached hydrogen (secondary N) is 1. The SMILES string of the molecule is [NH]CC(O)CN1CCCCC1. The van der Waals surface area contributed by atoms with Crippen molar-refractivity contribution >= 4 is 0 Å². The number of likely N-dealkylation sites (tertiary alicyclic amines) is 1. The Kier molecular flexibility index (Phi) is 3.83. The lowest BCUT2D eigenvalue weighted by Crippen LogP contribution is -2.37. The summed E-state index contributed by atoms with van der Waals surface area (Å²) in [6, 6.07) is 0. The molecule has 1 aliphatic rings. The van der Waals surface area contributed by atoms with E-state index < -0.39 is 6.10 Å². The van der Waals surface area contributed by atoms with E-state index in [1.54, 1.807) is 0 Å². The van der Waals surface area contributed by atoms with Crippen molar-refractivity contribution in [3.63, 3.8) is 0 Å². The highest BCUT2D eigenvalue weighted by Crippen LogP contribution is 2.08. The Balaban J connectivity index is 2.13. The second-order valence-electron chi connectivity index (χ2n) is 3.22. The van der Waals surface area contributed by atoms with Crippen molar-refractivity contribution < 1.29 is 5.11 Å². The third-order valence-electron chi connectivity index (χ3n) is 2.15. The highest BCUT2D eigenvalue weighted by molar-refractivity contribution is 4.68. The smallest absolute Gasteiger partial charge is 0.0805 e. The minimum atomic E-state index is -0.437. The number of rotatable bonds is 3. The van der Waals surface area contributed by atoms with Gasteiger partial charge in [-0.2, -0.15) is 0 Å². The Hall–Kier alpha value is -0.120. The van der Waals surface area contributed by atoms with Gasteiger partial charge in [0.25, 0.3) is 0 Å². The second-order valence-corrected chi connectivity index (χ2v) is 3.22. The first-order valence-corrected chi connectivity index (χ1v) is 4.38. The van der Waals surface area contributed by atoms with Gasteiger partial charge in [0.15, 0.2) is 0 Å². The fraction of sp³-hybridized carbons (Fsp3) is 1.00. The number of piperidine rings is 1. The molecule has 1 saturated heterocycles. The van der Waals surface area contributed by atoms with E-state index in [9.17, 15) is 5.11 Å². The third-order valence-corrected chi connectivity index (χ3v) is 2.15. The molecular weight excluding hydrogens is 140 g/mol. The Bertz CT molecular complexity index is 102. The molecule has 0 spiro atoms. The zero-order valence-corrected chi connectivity index (χ0v) is 6.92. The Morgan fingerprint density at radius 2 is 1.91 bits per heavy atom. The van der Waals surface area contributed by atoms with Crippen LogP contribution in [-0.4, -0.2) is 42.3 Å². The van der Waals surface area contributed by atoms with Crippen molar-refractivity contribution in [2.45, 2.75) is 25.4 Å². The van der Waals surface area contributed by atoms with Crippen LogP contribution in [0.2, 0.25) is 0 Å². The van der Waals surface area contributed by atoms with Crippen LogP contribution in [0.5, 0.6) is 0 Å². The van der Waals surface area contributed by atoms with Gasteiger partial charge < -0.3 is 10.0 Å². The van der Waals surface area contributed by atoms with Gasteiger partial charge in [-0.25, -0.2) is 0 Å². The van der Waals surface area contributed by atoms with Gasteiger partial charge in [-0.3, -0.25) is 5.73 Å². The van der Waals surface area contributed by atoms with Crippen LogP contribution < -0.4 is 5.73 Å². The van der Waals surface area contributed by atoms with E-state index in [1.807, 2.05) is 0 Å². The van der Waals surface area contributed by atoms with Gasteiger partial charge >= 0.3 is 0 Å². The number of aliphatic hydroxyl groups excluding tert-OH is 1. The number of aliphatic hydroxyl groups is 1. The van der Waals surface area contributed by atoms with Gasteiger partial charge in [0.2, 0.25) is 0 Å². The molecule has 65 valence electrons. The molecule has 2 N–H and O–H groups in total. The van der Waals surface area contributed by atoms with Crippen LogP contribution in [0.1, 0.15) is 19.3 Å². The van der Waals surface area contributed by atoms with Crippen LogP contribution in [0.15, 0.2) is 0 Å². The van der Waals surface area contributed by atoms with Gasteiger partial charge in [0.05, 0.1) is 6.10 Å². The molecule has 0 saturated carbocycles. The lowest BCUT2D eigenvalue weighted by Gasteiger charge is -2.27. The fourth-order valence-corrected chi connectivity index (χ4v) is 1.50. The maximum absolute atomic E-state index is 9.18. The van der Waals surface area contributed by atoms with Crippen LogP contribution in [0.4, 0.5) is 0 Å². The van der Waals surface area contributed by atoms with Gasteiger partial charge in [-0.15, -0.1) is 0 Å². The summed E-state index contributed by atoms with van der Waals surface area (Å²) in [5.41, 5.74) is 6.95. The third kappa shape index (κ3) is 3.18. The molecule has 0 aliphatic carbocycles. The summed E-state index contributed by atoms with van der Waals surface area (Å²) < 4.78 is 0. The first-order chi connectivity index (χ1) is 5.33. The molecule has 0 amide bonds. The summed E-state index contributed by atoms with van der Waals surface area (Å²) in [5.74, 6) is 0. The van der Waals surface area contributed by atoms with E-state index >= 15 is 0 Å². The molecular formula is C8H17N2O. The topological polar surface area (TPSA) is 47.3 Å². The predicted molar refractivity (Wildman–Crippen MR) is 44.3 cm³/mol. The summed E-state index contributed by atoms with van der Waals surface area (Å²) in [4.78, 5) is 2.25. The van der Waals surface area contributed by atoms with Crippen molar-refractivity contribution in [1.82, 2.24) is 10.6 Å². The lowest BCUT2D eigenvalue weighted by molar-refractivity contribution is 0.106. The molecule has 1 unspecified atom stereocenters. The van der Waals surface area contributed by atoms with E-state index in [1.165, 1.54) is 19.3 Å². The predicted octanol–water partition coefficient (Wildman–Crippen LogP) is 0.116. The summed E-state index contributed by atoms with van der Waals surface area (Å²) in [5, 5.41) is 9.18. The van der Waals surface area contributed by atoms with Gasteiger partial charge in [0.1, 0.15) is 0 Å². The largest absolute Gasteiger partial charge is 0.390 e. The summed E-state index contributed by atoms with van der Waals surface area (Å²) in [6.45, 7) is 3.05. The summed E-state index contributed by atoms with van der Waals surface area (Å²) >= 11 is 0. The Morgan fingerprint density at radius 3 is 2.45 bits per heavy atom. The average Bonchev–Trinajstić information content (AvgIpc) is 2.06. The quantitative estimate of drug-likeness (QED) is 0.632. The van der Waals surface area contributed by atoms with Crippen molar-refractivity contribution in [3.8, 4) is 0 Å². The zero-order valence-electron chi connectivity index (χ0n) is 6.92. The molecule has 1 atom stereocenters. The van der Waals surface area contributed by atoms with Crippen LogP contribution in [0.25, 0.3) is 0 Å². The monoisotopic (exact) mass is 157 g/mol. The van der Waals surface area contributed by atoms with Crippen molar-refractivity contribution in [2.24, 2.45) is 0 Å². The van der Waals surface area contributed by atoms with E-state index in [2.05, 4.69) is 4.90 Å². The Labute approximate surface area is 68.2 Å². The van der Waals surface area contributed by atoms with Crippen LogP contribution in [-0.2, 0) is 0 Å². The maximum atomic E-state index is 9.18. The van der Waals surface area contributed by atoms with Gasteiger partial charge in [0, 0.05) is 13.1 Å². The molecule has 1 radical (unpaired) electrons. The molecule has 0 aromatic heterocycles. The molecule has 1 heterocycles. The van der Waals surface area contributed by atoms with E-state index in [0.29, 0.717) is 6.54 Å². The normalized spacial score (nSPS) is 23.5.